The SMILES string of the molecule is Cc1cccc(N2CCN(C(=O)CSc3ncnc4c3sc3cccc(F)c34)CC2C)c1. The molecule has 0 bridgehead atoms. The lowest BCUT2D eigenvalue weighted by Gasteiger charge is -2.41. The highest BCUT2D eigenvalue weighted by Gasteiger charge is 2.27. The second-order valence-corrected chi connectivity index (χ2v) is 10.1. The molecule has 2 aromatic heterocycles. The van der Waals surface area contributed by atoms with Crippen LogP contribution in [0.2, 0.25) is 0 Å². The van der Waals surface area contributed by atoms with Gasteiger partial charge in [0.2, 0.25) is 5.91 Å². The lowest BCUT2D eigenvalue weighted by molar-refractivity contribution is -0.129. The lowest BCUT2D eigenvalue weighted by atomic mass is 10.1. The Labute approximate surface area is 194 Å². The molecule has 0 aliphatic carbocycles. The lowest BCUT2D eigenvalue weighted by Crippen LogP contribution is -2.54. The zero-order chi connectivity index (χ0) is 22.2. The van der Waals surface area contributed by atoms with Gasteiger partial charge in [-0.25, -0.2) is 14.4 Å². The minimum atomic E-state index is -0.278. The third-order valence-corrected chi connectivity index (χ3v) is 8.10. The van der Waals surface area contributed by atoms with Crippen LogP contribution in [0.1, 0.15) is 12.5 Å². The van der Waals surface area contributed by atoms with Crippen molar-refractivity contribution in [3.8, 4) is 0 Å². The molecular formula is C24H23FN4OS2. The van der Waals surface area contributed by atoms with Gasteiger partial charge in [0.1, 0.15) is 17.2 Å². The van der Waals surface area contributed by atoms with E-state index < -0.39 is 0 Å². The number of thioether (sulfide) groups is 1. The minimum absolute atomic E-state index is 0.102. The number of amides is 1. The molecule has 1 aliphatic heterocycles. The maximum atomic E-state index is 14.3. The van der Waals surface area contributed by atoms with Gasteiger partial charge in [-0.15, -0.1) is 11.3 Å². The summed E-state index contributed by atoms with van der Waals surface area (Å²) >= 11 is 2.88. The molecule has 1 saturated heterocycles. The van der Waals surface area contributed by atoms with Crippen LogP contribution in [-0.2, 0) is 4.79 Å². The normalized spacial score (nSPS) is 16.8. The number of halogens is 1. The van der Waals surface area contributed by atoms with Gasteiger partial charge in [-0.05, 0) is 43.7 Å². The number of thiophene rings is 1. The van der Waals surface area contributed by atoms with E-state index in [1.807, 2.05) is 11.0 Å². The van der Waals surface area contributed by atoms with Gasteiger partial charge in [-0.2, -0.15) is 0 Å². The topological polar surface area (TPSA) is 49.3 Å². The molecule has 1 fully saturated rings. The fourth-order valence-electron chi connectivity index (χ4n) is 4.26. The van der Waals surface area contributed by atoms with Crippen molar-refractivity contribution >= 4 is 55.0 Å². The van der Waals surface area contributed by atoms with Gasteiger partial charge in [0.05, 0.1) is 21.4 Å². The molecule has 1 aliphatic rings. The summed E-state index contributed by atoms with van der Waals surface area (Å²) in [5.41, 5.74) is 3.06. The highest BCUT2D eigenvalue weighted by atomic mass is 32.2. The monoisotopic (exact) mass is 466 g/mol. The first kappa shape index (κ1) is 21.2. The molecular weight excluding hydrogens is 443 g/mol. The maximum Gasteiger partial charge on any atom is 0.233 e. The molecule has 2 aromatic carbocycles. The third-order valence-electron chi connectivity index (χ3n) is 5.84. The number of anilines is 1. The zero-order valence-electron chi connectivity index (χ0n) is 17.9. The summed E-state index contributed by atoms with van der Waals surface area (Å²) < 4.78 is 16.0. The van der Waals surface area contributed by atoms with E-state index >= 15 is 0 Å². The van der Waals surface area contributed by atoms with Crippen molar-refractivity contribution in [2.24, 2.45) is 0 Å². The molecule has 4 aromatic rings. The number of fused-ring (bicyclic) bond motifs is 3. The molecule has 8 heteroatoms. The minimum Gasteiger partial charge on any atom is -0.365 e. The van der Waals surface area contributed by atoms with E-state index in [0.717, 1.165) is 21.0 Å². The van der Waals surface area contributed by atoms with E-state index in [1.165, 1.54) is 46.7 Å². The standard InChI is InChI=1S/C24H23FN4OS2/c1-15-5-3-6-17(11-15)29-10-9-28(12-16(29)2)20(30)13-31-24-23-22(26-14-27-24)21-18(25)7-4-8-19(21)32-23/h3-8,11,14,16H,9-10,12-13H2,1-2H3. The Hall–Kier alpha value is -2.71. The summed E-state index contributed by atoms with van der Waals surface area (Å²) in [4.78, 5) is 26.0. The molecule has 164 valence electrons. The number of aryl methyl sites for hydroxylation is 1. The zero-order valence-corrected chi connectivity index (χ0v) is 19.5. The summed E-state index contributed by atoms with van der Waals surface area (Å²) in [5.74, 6) is 0.129. The van der Waals surface area contributed by atoms with E-state index in [2.05, 4.69) is 53.0 Å². The Bertz CT molecular complexity index is 1310. The predicted molar refractivity (Wildman–Crippen MR) is 130 cm³/mol. The van der Waals surface area contributed by atoms with E-state index in [0.29, 0.717) is 29.7 Å². The Balaban J connectivity index is 1.28. The van der Waals surface area contributed by atoms with Gasteiger partial charge >= 0.3 is 0 Å². The largest absolute Gasteiger partial charge is 0.365 e. The molecule has 0 radical (unpaired) electrons. The number of carbonyl (C=O) groups excluding carboxylic acids is 1. The first-order valence-corrected chi connectivity index (χ1v) is 12.4. The fraction of sp³-hybridized carbons (Fsp3) is 0.292. The van der Waals surface area contributed by atoms with Gasteiger partial charge < -0.3 is 9.80 Å². The number of rotatable bonds is 4. The van der Waals surface area contributed by atoms with E-state index in [9.17, 15) is 9.18 Å². The number of carbonyl (C=O) groups is 1. The van der Waals surface area contributed by atoms with Crippen LogP contribution in [0.25, 0.3) is 20.3 Å². The fourth-order valence-corrected chi connectivity index (χ4v) is 6.40. The van der Waals surface area contributed by atoms with Crippen molar-refractivity contribution in [3.05, 3.63) is 60.2 Å². The van der Waals surface area contributed by atoms with E-state index in [4.69, 9.17) is 0 Å². The van der Waals surface area contributed by atoms with Gasteiger partial charge in [0.15, 0.2) is 0 Å². The van der Waals surface area contributed by atoms with Crippen molar-refractivity contribution in [3.63, 3.8) is 0 Å². The van der Waals surface area contributed by atoms with E-state index in [1.54, 1.807) is 6.07 Å². The summed E-state index contributed by atoms with van der Waals surface area (Å²) in [6, 6.07) is 13.8. The Morgan fingerprint density at radius 3 is 2.88 bits per heavy atom. The van der Waals surface area contributed by atoms with Gasteiger partial charge in [-0.1, -0.05) is 30.0 Å². The highest BCUT2D eigenvalue weighted by Crippen LogP contribution is 2.38. The van der Waals surface area contributed by atoms with Crippen LogP contribution < -0.4 is 4.90 Å². The Kier molecular flexibility index (Phi) is 5.73. The second kappa shape index (κ2) is 8.67. The average molecular weight is 467 g/mol. The summed E-state index contributed by atoms with van der Waals surface area (Å²) in [6.07, 6.45) is 1.45. The molecule has 0 N–H and O–H groups in total. The maximum absolute atomic E-state index is 14.3. The van der Waals surface area contributed by atoms with Crippen LogP contribution in [0.3, 0.4) is 0 Å². The molecule has 1 unspecified atom stereocenters. The van der Waals surface area contributed by atoms with Crippen LogP contribution in [0, 0.1) is 12.7 Å². The van der Waals surface area contributed by atoms with Crippen molar-refractivity contribution in [2.75, 3.05) is 30.3 Å². The molecule has 32 heavy (non-hydrogen) atoms. The Morgan fingerprint density at radius 1 is 1.22 bits per heavy atom. The molecule has 1 amide bonds. The molecule has 1 atom stereocenters. The van der Waals surface area contributed by atoms with Crippen molar-refractivity contribution < 1.29 is 9.18 Å². The molecule has 5 rings (SSSR count). The highest BCUT2D eigenvalue weighted by molar-refractivity contribution is 8.00. The average Bonchev–Trinajstić information content (AvgIpc) is 3.18. The predicted octanol–water partition coefficient (Wildman–Crippen LogP) is 5.12. The Morgan fingerprint density at radius 2 is 2.06 bits per heavy atom. The van der Waals surface area contributed by atoms with Crippen molar-refractivity contribution in [1.82, 2.24) is 14.9 Å². The number of piperazine rings is 1. The third kappa shape index (κ3) is 3.93. The van der Waals surface area contributed by atoms with Gasteiger partial charge in [0.25, 0.3) is 0 Å². The summed E-state index contributed by atoms with van der Waals surface area (Å²) in [7, 11) is 0. The second-order valence-electron chi connectivity index (χ2n) is 8.08. The number of aromatic nitrogens is 2. The van der Waals surface area contributed by atoms with Crippen molar-refractivity contribution in [1.29, 1.82) is 0 Å². The first-order valence-electron chi connectivity index (χ1n) is 10.6. The quantitative estimate of drug-likeness (QED) is 0.309. The van der Waals surface area contributed by atoms with Crippen LogP contribution in [-0.4, -0.2) is 52.2 Å². The molecule has 0 spiro atoms. The first-order chi connectivity index (χ1) is 15.5. The van der Waals surface area contributed by atoms with Gasteiger partial charge in [-0.3, -0.25) is 4.79 Å². The molecule has 5 nitrogen and oxygen atoms in total. The van der Waals surface area contributed by atoms with Crippen LogP contribution >= 0.6 is 23.1 Å². The molecule has 0 saturated carbocycles. The number of nitrogens with zero attached hydrogens (tertiary/aromatic N) is 4. The van der Waals surface area contributed by atoms with Crippen LogP contribution in [0.5, 0.6) is 0 Å². The summed E-state index contributed by atoms with van der Waals surface area (Å²) in [6.45, 7) is 6.47. The number of hydrogen-bond acceptors (Lipinski definition) is 6. The van der Waals surface area contributed by atoms with E-state index in [-0.39, 0.29) is 17.8 Å². The smallest absolute Gasteiger partial charge is 0.233 e. The van der Waals surface area contributed by atoms with Gasteiger partial charge in [0, 0.05) is 36.1 Å². The number of benzene rings is 2. The number of hydrogen-bond donors (Lipinski definition) is 0. The van der Waals surface area contributed by atoms with Crippen LogP contribution in [0.15, 0.2) is 53.8 Å². The van der Waals surface area contributed by atoms with Crippen molar-refractivity contribution in [2.45, 2.75) is 24.9 Å². The van der Waals surface area contributed by atoms with Crippen LogP contribution in [0.4, 0.5) is 10.1 Å². The molecule has 3 heterocycles. The summed E-state index contributed by atoms with van der Waals surface area (Å²) in [5, 5.41) is 1.26.